The van der Waals surface area contributed by atoms with Crippen LogP contribution < -0.4 is 15.4 Å². The summed E-state index contributed by atoms with van der Waals surface area (Å²) in [5.74, 6) is 1.73. The average Bonchev–Trinajstić information content (AvgIpc) is 2.95. The van der Waals surface area contributed by atoms with E-state index in [1.165, 1.54) is 10.4 Å². The Balaban J connectivity index is 1.71. The van der Waals surface area contributed by atoms with E-state index in [2.05, 4.69) is 40.5 Å². The molecule has 6 heteroatoms. The molecule has 0 fully saturated rings. The molecule has 1 aliphatic rings. The number of hydrogen-bond acceptors (Lipinski definition) is 4. The van der Waals surface area contributed by atoms with Gasteiger partial charge in [-0.3, -0.25) is 4.99 Å². The third-order valence-corrected chi connectivity index (χ3v) is 4.92. The van der Waals surface area contributed by atoms with Gasteiger partial charge in [-0.05, 0) is 26.8 Å². The smallest absolute Gasteiger partial charge is 0.191 e. The van der Waals surface area contributed by atoms with Crippen LogP contribution in [0.15, 0.2) is 35.5 Å². The number of rotatable bonds is 3. The van der Waals surface area contributed by atoms with Crippen LogP contribution in [0, 0.1) is 6.92 Å². The third kappa shape index (κ3) is 3.87. The zero-order valence-corrected chi connectivity index (χ0v) is 15.4. The summed E-state index contributed by atoms with van der Waals surface area (Å²) in [7, 11) is 1.80. The molecule has 0 bridgehead atoms. The van der Waals surface area contributed by atoms with Crippen LogP contribution in [0.2, 0.25) is 0 Å². The van der Waals surface area contributed by atoms with Crippen molar-refractivity contribution in [2.75, 3.05) is 7.05 Å². The lowest BCUT2D eigenvalue weighted by molar-refractivity contribution is 0.0694. The fourth-order valence-electron chi connectivity index (χ4n) is 2.95. The number of aryl methyl sites for hydroxylation is 1. The minimum absolute atomic E-state index is 0.166. The van der Waals surface area contributed by atoms with Crippen molar-refractivity contribution >= 4 is 17.3 Å². The van der Waals surface area contributed by atoms with E-state index in [9.17, 15) is 0 Å². The summed E-state index contributed by atoms with van der Waals surface area (Å²) in [6.07, 6.45) is 2.79. The van der Waals surface area contributed by atoms with Crippen molar-refractivity contribution in [3.63, 3.8) is 0 Å². The molecule has 1 atom stereocenters. The molecule has 0 radical (unpaired) electrons. The second kappa shape index (κ2) is 6.81. The van der Waals surface area contributed by atoms with Crippen molar-refractivity contribution in [3.8, 4) is 5.75 Å². The number of guanidine groups is 1. The molecule has 128 valence electrons. The van der Waals surface area contributed by atoms with Crippen LogP contribution in [0.3, 0.4) is 0 Å². The fraction of sp³-hybridized carbons (Fsp3) is 0.444. The summed E-state index contributed by atoms with van der Waals surface area (Å²) in [6, 6.07) is 8.37. The normalized spacial score (nSPS) is 19.3. The van der Waals surface area contributed by atoms with E-state index in [4.69, 9.17) is 4.74 Å². The number of ether oxygens (including phenoxy) is 1. The Bertz CT molecular complexity index is 738. The first-order valence-electron chi connectivity index (χ1n) is 8.13. The van der Waals surface area contributed by atoms with E-state index < -0.39 is 0 Å². The summed E-state index contributed by atoms with van der Waals surface area (Å²) in [5, 5.41) is 7.99. The van der Waals surface area contributed by atoms with E-state index in [-0.39, 0.29) is 11.6 Å². The zero-order chi connectivity index (χ0) is 17.2. The van der Waals surface area contributed by atoms with E-state index >= 15 is 0 Å². The predicted octanol–water partition coefficient (Wildman–Crippen LogP) is 3.42. The first-order valence-corrected chi connectivity index (χ1v) is 8.95. The summed E-state index contributed by atoms with van der Waals surface area (Å²) in [6.45, 7) is 6.98. The Hall–Kier alpha value is -2.08. The van der Waals surface area contributed by atoms with Gasteiger partial charge in [0.2, 0.25) is 0 Å². The van der Waals surface area contributed by atoms with Gasteiger partial charge in [-0.15, -0.1) is 11.3 Å². The standard InChI is InChI=1S/C18H24N4OS/c1-12-20-10-13(24-12)11-21-17(19-4)22-15-9-18(2,3)23-16-8-6-5-7-14(15)16/h5-8,10,15H,9,11H2,1-4H3,(H2,19,21,22). The average molecular weight is 344 g/mol. The van der Waals surface area contributed by atoms with Crippen molar-refractivity contribution in [1.82, 2.24) is 15.6 Å². The van der Waals surface area contributed by atoms with Crippen molar-refractivity contribution in [1.29, 1.82) is 0 Å². The molecular weight excluding hydrogens is 320 g/mol. The van der Waals surface area contributed by atoms with Crippen molar-refractivity contribution in [3.05, 3.63) is 45.9 Å². The first-order chi connectivity index (χ1) is 11.5. The molecule has 24 heavy (non-hydrogen) atoms. The van der Waals surface area contributed by atoms with E-state index in [1.54, 1.807) is 18.4 Å². The molecule has 2 aromatic rings. The largest absolute Gasteiger partial charge is 0.487 e. The lowest BCUT2D eigenvalue weighted by Gasteiger charge is -2.38. The highest BCUT2D eigenvalue weighted by molar-refractivity contribution is 7.11. The van der Waals surface area contributed by atoms with Gasteiger partial charge in [-0.25, -0.2) is 4.98 Å². The highest BCUT2D eigenvalue weighted by atomic mass is 32.1. The number of para-hydroxylation sites is 1. The van der Waals surface area contributed by atoms with Crippen LogP contribution in [0.5, 0.6) is 5.75 Å². The highest BCUT2D eigenvalue weighted by Gasteiger charge is 2.33. The Labute approximate surface area is 147 Å². The zero-order valence-electron chi connectivity index (χ0n) is 14.6. The molecule has 0 amide bonds. The SMILES string of the molecule is CN=C(NCc1cnc(C)s1)NC1CC(C)(C)Oc2ccccc21. The van der Waals surface area contributed by atoms with Crippen LogP contribution in [0.25, 0.3) is 0 Å². The number of thiazole rings is 1. The van der Waals surface area contributed by atoms with E-state index in [1.807, 2.05) is 31.3 Å². The molecule has 0 saturated heterocycles. The molecule has 2 heterocycles. The van der Waals surface area contributed by atoms with Gasteiger partial charge >= 0.3 is 0 Å². The highest BCUT2D eigenvalue weighted by Crippen LogP contribution is 2.39. The van der Waals surface area contributed by atoms with E-state index in [0.717, 1.165) is 29.7 Å². The molecular formula is C18H24N4OS. The van der Waals surface area contributed by atoms with Crippen LogP contribution in [0.4, 0.5) is 0 Å². The topological polar surface area (TPSA) is 58.5 Å². The number of aliphatic imine (C=N–C) groups is 1. The van der Waals surface area contributed by atoms with Gasteiger partial charge in [0, 0.05) is 30.1 Å². The van der Waals surface area contributed by atoms with Crippen LogP contribution in [0.1, 0.15) is 41.8 Å². The summed E-state index contributed by atoms with van der Waals surface area (Å²) in [5.41, 5.74) is 0.966. The van der Waals surface area contributed by atoms with Gasteiger partial charge in [0.15, 0.2) is 5.96 Å². The molecule has 3 rings (SSSR count). The maximum atomic E-state index is 6.09. The second-order valence-electron chi connectivity index (χ2n) is 6.57. The fourth-order valence-corrected chi connectivity index (χ4v) is 3.68. The van der Waals surface area contributed by atoms with E-state index in [0.29, 0.717) is 0 Å². The number of benzene rings is 1. The molecule has 0 saturated carbocycles. The van der Waals surface area contributed by atoms with Gasteiger partial charge < -0.3 is 15.4 Å². The van der Waals surface area contributed by atoms with Crippen molar-refractivity contribution < 1.29 is 4.74 Å². The Morgan fingerprint density at radius 2 is 2.21 bits per heavy atom. The number of fused-ring (bicyclic) bond motifs is 1. The molecule has 0 spiro atoms. The maximum absolute atomic E-state index is 6.09. The molecule has 1 aromatic heterocycles. The van der Waals surface area contributed by atoms with Crippen LogP contribution >= 0.6 is 11.3 Å². The summed E-state index contributed by atoms with van der Waals surface area (Å²) < 4.78 is 6.09. The number of aromatic nitrogens is 1. The predicted molar refractivity (Wildman–Crippen MR) is 98.7 cm³/mol. The Kier molecular flexibility index (Phi) is 4.76. The molecule has 5 nitrogen and oxygen atoms in total. The van der Waals surface area contributed by atoms with Gasteiger partial charge in [-0.2, -0.15) is 0 Å². The molecule has 2 N–H and O–H groups in total. The quantitative estimate of drug-likeness (QED) is 0.662. The first kappa shape index (κ1) is 16.8. The number of nitrogens with zero attached hydrogens (tertiary/aromatic N) is 2. The van der Waals surface area contributed by atoms with Crippen molar-refractivity contribution in [2.45, 2.75) is 45.4 Å². The number of hydrogen-bond donors (Lipinski definition) is 2. The lowest BCUT2D eigenvalue weighted by Crippen LogP contribution is -2.45. The lowest BCUT2D eigenvalue weighted by atomic mass is 9.90. The maximum Gasteiger partial charge on any atom is 0.191 e. The van der Waals surface area contributed by atoms with Gasteiger partial charge in [-0.1, -0.05) is 18.2 Å². The van der Waals surface area contributed by atoms with Crippen LogP contribution in [-0.2, 0) is 6.54 Å². The summed E-state index contributed by atoms with van der Waals surface area (Å²) in [4.78, 5) is 9.85. The minimum atomic E-state index is -0.209. The second-order valence-corrected chi connectivity index (χ2v) is 7.89. The van der Waals surface area contributed by atoms with Crippen LogP contribution in [-0.4, -0.2) is 23.6 Å². The Morgan fingerprint density at radius 1 is 1.42 bits per heavy atom. The van der Waals surface area contributed by atoms with Gasteiger partial charge in [0.05, 0.1) is 17.6 Å². The Morgan fingerprint density at radius 3 is 2.92 bits per heavy atom. The van der Waals surface area contributed by atoms with Gasteiger partial charge in [0.25, 0.3) is 0 Å². The van der Waals surface area contributed by atoms with Crippen molar-refractivity contribution in [2.24, 2.45) is 4.99 Å². The molecule has 1 aromatic carbocycles. The monoisotopic (exact) mass is 344 g/mol. The minimum Gasteiger partial charge on any atom is -0.487 e. The molecule has 1 unspecified atom stereocenters. The third-order valence-electron chi connectivity index (χ3n) is 4.01. The molecule has 0 aliphatic carbocycles. The summed E-state index contributed by atoms with van der Waals surface area (Å²) >= 11 is 1.70. The number of nitrogens with one attached hydrogen (secondary N) is 2. The molecule has 1 aliphatic heterocycles. The van der Waals surface area contributed by atoms with Gasteiger partial charge in [0.1, 0.15) is 11.4 Å².